The van der Waals surface area contributed by atoms with Crippen molar-refractivity contribution in [3.8, 4) is 5.75 Å². The summed E-state index contributed by atoms with van der Waals surface area (Å²) < 4.78 is 74.6. The number of nitrogens with one attached hydrogen (secondary N) is 1. The number of nitrogens with zero attached hydrogens (tertiary/aromatic N) is 2. The molecule has 232 valence electrons. The Bertz CT molecular complexity index is 1520. The van der Waals surface area contributed by atoms with E-state index < -0.39 is 56.9 Å². The van der Waals surface area contributed by atoms with Gasteiger partial charge < -0.3 is 15.0 Å². The monoisotopic (exact) mass is 639 g/mol. The number of carbonyl (C=O) groups is 2. The van der Waals surface area contributed by atoms with Crippen molar-refractivity contribution < 1.29 is 35.9 Å². The van der Waals surface area contributed by atoms with Gasteiger partial charge >= 0.3 is 6.18 Å². The van der Waals surface area contributed by atoms with Crippen LogP contribution in [0.5, 0.6) is 5.75 Å². The fourth-order valence-electron chi connectivity index (χ4n) is 4.11. The van der Waals surface area contributed by atoms with E-state index in [-0.39, 0.29) is 17.5 Å². The lowest BCUT2D eigenvalue weighted by Gasteiger charge is -2.32. The highest BCUT2D eigenvalue weighted by molar-refractivity contribution is 7.92. The summed E-state index contributed by atoms with van der Waals surface area (Å²) in [4.78, 5) is 28.0. The first kappa shape index (κ1) is 33.7. The summed E-state index contributed by atoms with van der Waals surface area (Å²) in [5.41, 5.74) is -1.07. The van der Waals surface area contributed by atoms with Crippen molar-refractivity contribution in [2.45, 2.75) is 56.9 Å². The molecule has 0 heterocycles. The Hall–Kier alpha value is -3.77. The number of carbonyl (C=O) groups excluding carboxylic acids is 2. The number of alkyl halides is 3. The predicted octanol–water partition coefficient (Wildman–Crippen LogP) is 5.89. The quantitative estimate of drug-likeness (QED) is 0.267. The molecule has 3 aromatic carbocycles. The molecule has 2 amide bonds. The van der Waals surface area contributed by atoms with Gasteiger partial charge in [-0.2, -0.15) is 13.2 Å². The van der Waals surface area contributed by atoms with E-state index in [9.17, 15) is 31.2 Å². The van der Waals surface area contributed by atoms with Gasteiger partial charge in [0.15, 0.2) is 0 Å². The second-order valence-electron chi connectivity index (χ2n) is 9.85. The number of hydrogen-bond acceptors (Lipinski definition) is 5. The Balaban J connectivity index is 2.10. The standard InChI is InChI=1S/C30H33ClF3N3O5S/c1-5-20(2)35-29(39)21(3)36(18-22-11-14-24(42-4)15-12-22)28(38)19-37(43(40,41)25-9-7-6-8-10-25)23-13-16-27(31)26(17-23)30(32,33)34/h6-17,20-21H,5,18-19H2,1-4H3,(H,35,39)/t20-,21-/m1/s1. The smallest absolute Gasteiger partial charge is 0.417 e. The van der Waals surface area contributed by atoms with Crippen LogP contribution in [0.4, 0.5) is 18.9 Å². The number of anilines is 1. The molecular formula is C30H33ClF3N3O5S. The van der Waals surface area contributed by atoms with Crippen LogP contribution in [0.15, 0.2) is 77.7 Å². The Labute approximate surface area is 254 Å². The minimum Gasteiger partial charge on any atom is -0.497 e. The van der Waals surface area contributed by atoms with Gasteiger partial charge in [-0.05, 0) is 68.3 Å². The molecule has 0 aromatic heterocycles. The van der Waals surface area contributed by atoms with Crippen molar-refractivity contribution in [1.82, 2.24) is 10.2 Å². The SMILES string of the molecule is CC[C@@H](C)NC(=O)[C@@H](C)N(Cc1ccc(OC)cc1)C(=O)CN(c1ccc(Cl)c(C(F)(F)F)c1)S(=O)(=O)c1ccccc1. The summed E-state index contributed by atoms with van der Waals surface area (Å²) in [5.74, 6) is -0.724. The van der Waals surface area contributed by atoms with Gasteiger partial charge in [0, 0.05) is 12.6 Å². The summed E-state index contributed by atoms with van der Waals surface area (Å²) in [7, 11) is -3.06. The summed E-state index contributed by atoms with van der Waals surface area (Å²) in [6, 6.07) is 15.1. The number of benzene rings is 3. The molecule has 2 atom stereocenters. The fourth-order valence-corrected chi connectivity index (χ4v) is 5.76. The van der Waals surface area contributed by atoms with Gasteiger partial charge in [0.1, 0.15) is 18.3 Å². The Morgan fingerprint density at radius 1 is 1.00 bits per heavy atom. The molecule has 8 nitrogen and oxygen atoms in total. The molecule has 13 heteroatoms. The summed E-state index contributed by atoms with van der Waals surface area (Å²) in [5, 5.41) is 2.19. The van der Waals surface area contributed by atoms with Crippen molar-refractivity contribution in [2.75, 3.05) is 18.0 Å². The topological polar surface area (TPSA) is 96.0 Å². The molecule has 0 spiro atoms. The fraction of sp³-hybridized carbons (Fsp3) is 0.333. The van der Waals surface area contributed by atoms with Crippen LogP contribution in [-0.2, 0) is 32.3 Å². The second-order valence-corrected chi connectivity index (χ2v) is 12.1. The number of amides is 2. The van der Waals surface area contributed by atoms with Crippen LogP contribution in [0.3, 0.4) is 0 Å². The van der Waals surface area contributed by atoms with Gasteiger partial charge in [0.2, 0.25) is 11.8 Å². The van der Waals surface area contributed by atoms with E-state index in [0.717, 1.165) is 12.1 Å². The largest absolute Gasteiger partial charge is 0.497 e. The van der Waals surface area contributed by atoms with Crippen LogP contribution in [0.2, 0.25) is 5.02 Å². The molecule has 3 rings (SSSR count). The van der Waals surface area contributed by atoms with E-state index >= 15 is 0 Å². The molecule has 1 N–H and O–H groups in total. The first-order valence-corrected chi connectivity index (χ1v) is 15.2. The van der Waals surface area contributed by atoms with Crippen LogP contribution in [0, 0.1) is 0 Å². The van der Waals surface area contributed by atoms with E-state index in [1.165, 1.54) is 43.2 Å². The van der Waals surface area contributed by atoms with Gasteiger partial charge in [0.05, 0.1) is 28.3 Å². The molecular weight excluding hydrogens is 607 g/mol. The second kappa shape index (κ2) is 14.1. The highest BCUT2D eigenvalue weighted by atomic mass is 35.5. The Kier molecular flexibility index (Phi) is 11.1. The molecule has 3 aromatic rings. The van der Waals surface area contributed by atoms with Crippen molar-refractivity contribution in [3.05, 3.63) is 88.9 Å². The van der Waals surface area contributed by atoms with Gasteiger partial charge in [-0.15, -0.1) is 0 Å². The minimum absolute atomic E-state index is 0.0917. The molecule has 0 aliphatic heterocycles. The van der Waals surface area contributed by atoms with Gasteiger partial charge in [-0.1, -0.05) is 48.9 Å². The van der Waals surface area contributed by atoms with Crippen molar-refractivity contribution in [1.29, 1.82) is 0 Å². The molecule has 0 saturated heterocycles. The average molecular weight is 640 g/mol. The highest BCUT2D eigenvalue weighted by Gasteiger charge is 2.37. The molecule has 0 fully saturated rings. The number of halogens is 4. The maximum absolute atomic E-state index is 13.9. The number of rotatable bonds is 12. The zero-order valence-electron chi connectivity index (χ0n) is 24.1. The molecule has 0 saturated carbocycles. The third-order valence-electron chi connectivity index (χ3n) is 6.83. The van der Waals surface area contributed by atoms with E-state index in [2.05, 4.69) is 5.32 Å². The zero-order chi connectivity index (χ0) is 31.9. The number of methoxy groups -OCH3 is 1. The molecule has 0 radical (unpaired) electrons. The van der Waals surface area contributed by atoms with E-state index in [4.69, 9.17) is 16.3 Å². The van der Waals surface area contributed by atoms with Crippen LogP contribution in [0.25, 0.3) is 0 Å². The maximum Gasteiger partial charge on any atom is 0.417 e. The average Bonchev–Trinajstić information content (AvgIpc) is 2.98. The lowest BCUT2D eigenvalue weighted by molar-refractivity contribution is -0.139. The number of sulfonamides is 1. The minimum atomic E-state index is -4.89. The highest BCUT2D eigenvalue weighted by Crippen LogP contribution is 2.38. The molecule has 43 heavy (non-hydrogen) atoms. The number of hydrogen-bond donors (Lipinski definition) is 1. The van der Waals surface area contributed by atoms with Crippen molar-refractivity contribution in [3.63, 3.8) is 0 Å². The summed E-state index contributed by atoms with van der Waals surface area (Å²) >= 11 is 5.80. The molecule has 0 aliphatic carbocycles. The van der Waals surface area contributed by atoms with Crippen LogP contribution in [-0.4, -0.2) is 50.9 Å². The molecule has 0 bridgehead atoms. The predicted molar refractivity (Wildman–Crippen MR) is 158 cm³/mol. The first-order valence-electron chi connectivity index (χ1n) is 13.4. The van der Waals surface area contributed by atoms with E-state index in [1.807, 2.05) is 6.92 Å². The van der Waals surface area contributed by atoms with Crippen molar-refractivity contribution >= 4 is 39.1 Å². The summed E-state index contributed by atoms with van der Waals surface area (Å²) in [6.45, 7) is 4.19. The lowest BCUT2D eigenvalue weighted by atomic mass is 10.1. The Morgan fingerprint density at radius 3 is 2.19 bits per heavy atom. The Morgan fingerprint density at radius 2 is 1.63 bits per heavy atom. The first-order chi connectivity index (χ1) is 20.2. The van der Waals surface area contributed by atoms with Crippen LogP contribution >= 0.6 is 11.6 Å². The molecule has 0 unspecified atom stereocenters. The number of ether oxygens (including phenoxy) is 1. The van der Waals surface area contributed by atoms with Crippen LogP contribution in [0.1, 0.15) is 38.3 Å². The summed E-state index contributed by atoms with van der Waals surface area (Å²) in [6.07, 6.45) is -4.26. The van der Waals surface area contributed by atoms with E-state index in [0.29, 0.717) is 28.1 Å². The normalized spacial score (nSPS) is 13.1. The van der Waals surface area contributed by atoms with Gasteiger partial charge in [-0.3, -0.25) is 13.9 Å². The van der Waals surface area contributed by atoms with Crippen molar-refractivity contribution in [2.24, 2.45) is 0 Å². The van der Waals surface area contributed by atoms with E-state index in [1.54, 1.807) is 37.3 Å². The third-order valence-corrected chi connectivity index (χ3v) is 8.95. The lowest BCUT2D eigenvalue weighted by Crippen LogP contribution is -2.52. The van der Waals surface area contributed by atoms with Gasteiger partial charge in [0.25, 0.3) is 10.0 Å². The van der Waals surface area contributed by atoms with Gasteiger partial charge in [-0.25, -0.2) is 8.42 Å². The third kappa shape index (κ3) is 8.41. The molecule has 0 aliphatic rings. The zero-order valence-corrected chi connectivity index (χ0v) is 25.6. The van der Waals surface area contributed by atoms with Crippen LogP contribution < -0.4 is 14.4 Å². The maximum atomic E-state index is 13.9.